The van der Waals surface area contributed by atoms with Crippen LogP contribution in [0.25, 0.3) is 6.08 Å². The Morgan fingerprint density at radius 1 is 1.04 bits per heavy atom. The molecule has 1 amide bonds. The zero-order valence-electron chi connectivity index (χ0n) is 14.5. The monoisotopic (exact) mass is 373 g/mol. The summed E-state index contributed by atoms with van der Waals surface area (Å²) in [6, 6.07) is 9.32. The van der Waals surface area contributed by atoms with Crippen molar-refractivity contribution in [3.63, 3.8) is 0 Å². The van der Waals surface area contributed by atoms with E-state index in [0.717, 1.165) is 16.9 Å². The quantitative estimate of drug-likeness (QED) is 0.590. The first-order valence-electron chi connectivity index (χ1n) is 8.06. The molecule has 0 aliphatic carbocycles. The van der Waals surface area contributed by atoms with E-state index in [1.807, 2.05) is 30.3 Å². The molecule has 6 nitrogen and oxygen atoms in total. The Morgan fingerprint density at radius 2 is 1.69 bits per heavy atom. The van der Waals surface area contributed by atoms with Crippen LogP contribution in [-0.2, 0) is 14.3 Å². The second-order valence-electron chi connectivity index (χ2n) is 5.03. The number of carbonyl (C=O) groups excluding carboxylic acids is 3. The van der Waals surface area contributed by atoms with Gasteiger partial charge >= 0.3 is 11.9 Å². The molecule has 0 radical (unpaired) electrons. The first kappa shape index (κ1) is 19.4. The van der Waals surface area contributed by atoms with Crippen LogP contribution >= 0.6 is 11.3 Å². The average molecular weight is 373 g/mol. The van der Waals surface area contributed by atoms with Crippen molar-refractivity contribution >= 4 is 40.3 Å². The van der Waals surface area contributed by atoms with Gasteiger partial charge in [0, 0.05) is 11.5 Å². The molecule has 0 aliphatic heterocycles. The van der Waals surface area contributed by atoms with Gasteiger partial charge in [-0.25, -0.2) is 9.59 Å². The predicted molar refractivity (Wildman–Crippen MR) is 100 cm³/mol. The van der Waals surface area contributed by atoms with Crippen molar-refractivity contribution in [3.8, 4) is 0 Å². The molecule has 0 saturated carbocycles. The molecule has 2 aromatic rings. The molecule has 2 rings (SSSR count). The molecule has 0 bridgehead atoms. The van der Waals surface area contributed by atoms with Gasteiger partial charge in [0.2, 0.25) is 5.91 Å². The highest BCUT2D eigenvalue weighted by atomic mass is 32.1. The fraction of sp³-hybridized carbons (Fsp3) is 0.211. The number of nitrogens with one attached hydrogen (secondary N) is 1. The van der Waals surface area contributed by atoms with E-state index < -0.39 is 17.8 Å². The molecule has 0 saturated heterocycles. The van der Waals surface area contributed by atoms with Gasteiger partial charge < -0.3 is 14.8 Å². The fourth-order valence-corrected chi connectivity index (χ4v) is 3.02. The van der Waals surface area contributed by atoms with Crippen LogP contribution in [0.5, 0.6) is 0 Å². The van der Waals surface area contributed by atoms with Crippen LogP contribution in [0.3, 0.4) is 0 Å². The minimum Gasteiger partial charge on any atom is -0.462 e. The number of amides is 1. The number of ether oxygens (including phenoxy) is 2. The Hall–Kier alpha value is -2.93. The Labute approximate surface area is 155 Å². The molecule has 0 aliphatic rings. The highest BCUT2D eigenvalue weighted by Crippen LogP contribution is 2.30. The third-order valence-electron chi connectivity index (χ3n) is 3.23. The van der Waals surface area contributed by atoms with Crippen LogP contribution in [0.4, 0.5) is 5.00 Å². The van der Waals surface area contributed by atoms with Gasteiger partial charge in [-0.3, -0.25) is 4.79 Å². The van der Waals surface area contributed by atoms with E-state index in [1.165, 1.54) is 11.5 Å². The summed E-state index contributed by atoms with van der Waals surface area (Å²) < 4.78 is 9.95. The SMILES string of the molecule is CCOC(=O)c1csc(NC(=O)/C=C/c2ccccc2)c1C(=O)OCC. The summed E-state index contributed by atoms with van der Waals surface area (Å²) in [4.78, 5) is 36.4. The lowest BCUT2D eigenvalue weighted by atomic mass is 10.2. The highest BCUT2D eigenvalue weighted by molar-refractivity contribution is 7.15. The first-order chi connectivity index (χ1) is 12.6. The van der Waals surface area contributed by atoms with Crippen LogP contribution in [0.1, 0.15) is 40.1 Å². The number of anilines is 1. The average Bonchev–Trinajstić information content (AvgIpc) is 3.05. The van der Waals surface area contributed by atoms with Crippen LogP contribution in [0.2, 0.25) is 0 Å². The third-order valence-corrected chi connectivity index (χ3v) is 4.12. The third kappa shape index (κ3) is 5.03. The van der Waals surface area contributed by atoms with Crippen molar-refractivity contribution in [3.05, 3.63) is 58.5 Å². The van der Waals surface area contributed by atoms with E-state index >= 15 is 0 Å². The van der Waals surface area contributed by atoms with E-state index in [0.29, 0.717) is 0 Å². The maximum atomic E-state index is 12.2. The molecule has 7 heteroatoms. The lowest BCUT2D eigenvalue weighted by Crippen LogP contribution is -2.15. The Morgan fingerprint density at radius 3 is 2.35 bits per heavy atom. The Balaban J connectivity index is 2.22. The molecule has 1 aromatic heterocycles. The molecule has 0 fully saturated rings. The molecule has 0 spiro atoms. The van der Waals surface area contributed by atoms with Crippen LogP contribution in [0, 0.1) is 0 Å². The topological polar surface area (TPSA) is 81.7 Å². The van der Waals surface area contributed by atoms with Crippen molar-refractivity contribution < 1.29 is 23.9 Å². The maximum Gasteiger partial charge on any atom is 0.342 e. The number of carbonyl (C=O) groups is 3. The second kappa shape index (κ2) is 9.53. The minimum atomic E-state index is -0.681. The normalized spacial score (nSPS) is 10.5. The van der Waals surface area contributed by atoms with Crippen LogP contribution in [0.15, 0.2) is 41.8 Å². The van der Waals surface area contributed by atoms with E-state index in [1.54, 1.807) is 19.9 Å². The molecule has 136 valence electrons. The van der Waals surface area contributed by atoms with Gasteiger partial charge in [-0.15, -0.1) is 11.3 Å². The van der Waals surface area contributed by atoms with Gasteiger partial charge in [0.15, 0.2) is 0 Å². The van der Waals surface area contributed by atoms with Gasteiger partial charge in [0.25, 0.3) is 0 Å². The molecule has 0 unspecified atom stereocenters. The van der Waals surface area contributed by atoms with Crippen LogP contribution in [-0.4, -0.2) is 31.1 Å². The molecular formula is C19H19NO5S. The first-order valence-corrected chi connectivity index (χ1v) is 8.94. The van der Waals surface area contributed by atoms with Crippen molar-refractivity contribution in [1.29, 1.82) is 0 Å². The Kier molecular flexibility index (Phi) is 7.11. The number of hydrogen-bond acceptors (Lipinski definition) is 6. The van der Waals surface area contributed by atoms with Gasteiger partial charge in [0.1, 0.15) is 10.6 Å². The van der Waals surface area contributed by atoms with E-state index in [2.05, 4.69) is 5.32 Å². The zero-order valence-corrected chi connectivity index (χ0v) is 15.3. The van der Waals surface area contributed by atoms with E-state index in [4.69, 9.17) is 9.47 Å². The molecule has 26 heavy (non-hydrogen) atoms. The second-order valence-corrected chi connectivity index (χ2v) is 5.91. The standard InChI is InChI=1S/C19H19NO5S/c1-3-24-18(22)14-12-26-17(16(14)19(23)25-4-2)20-15(21)11-10-13-8-6-5-7-9-13/h5-12H,3-4H2,1-2H3,(H,20,21)/b11-10+. The van der Waals surface area contributed by atoms with Crippen molar-refractivity contribution in [2.45, 2.75) is 13.8 Å². The number of hydrogen-bond donors (Lipinski definition) is 1. The summed E-state index contributed by atoms with van der Waals surface area (Å²) in [5.74, 6) is -1.73. The van der Waals surface area contributed by atoms with Crippen LogP contribution < -0.4 is 5.32 Å². The smallest absolute Gasteiger partial charge is 0.342 e. The molecule has 1 N–H and O–H groups in total. The maximum absolute atomic E-state index is 12.2. The summed E-state index contributed by atoms with van der Waals surface area (Å²) in [5, 5.41) is 4.34. The highest BCUT2D eigenvalue weighted by Gasteiger charge is 2.26. The van der Waals surface area contributed by atoms with E-state index in [9.17, 15) is 14.4 Å². The molecule has 1 heterocycles. The largest absolute Gasteiger partial charge is 0.462 e. The lowest BCUT2D eigenvalue weighted by Gasteiger charge is -2.07. The predicted octanol–water partition coefficient (Wildman–Crippen LogP) is 3.75. The minimum absolute atomic E-state index is 0.0109. The van der Waals surface area contributed by atoms with Crippen molar-refractivity contribution in [1.82, 2.24) is 0 Å². The number of benzene rings is 1. The summed E-state index contributed by atoms with van der Waals surface area (Å²) >= 11 is 1.07. The van der Waals surface area contributed by atoms with Gasteiger partial charge in [-0.2, -0.15) is 0 Å². The molecule has 0 atom stereocenters. The lowest BCUT2D eigenvalue weighted by molar-refractivity contribution is -0.111. The fourth-order valence-electron chi connectivity index (χ4n) is 2.10. The number of rotatable bonds is 7. The van der Waals surface area contributed by atoms with Crippen molar-refractivity contribution in [2.75, 3.05) is 18.5 Å². The summed E-state index contributed by atoms with van der Waals surface area (Å²) in [6.07, 6.45) is 3.01. The molecule has 1 aromatic carbocycles. The van der Waals surface area contributed by atoms with Gasteiger partial charge in [-0.05, 0) is 25.5 Å². The number of thiophene rings is 1. The zero-order chi connectivity index (χ0) is 18.9. The number of esters is 2. The van der Waals surface area contributed by atoms with Crippen molar-refractivity contribution in [2.24, 2.45) is 0 Å². The van der Waals surface area contributed by atoms with E-state index in [-0.39, 0.29) is 29.3 Å². The van der Waals surface area contributed by atoms with Gasteiger partial charge in [0.05, 0.1) is 18.8 Å². The molecular weight excluding hydrogens is 354 g/mol. The summed E-state index contributed by atoms with van der Waals surface area (Å²) in [6.45, 7) is 3.66. The summed E-state index contributed by atoms with van der Waals surface area (Å²) in [7, 11) is 0. The Bertz CT molecular complexity index is 811. The van der Waals surface area contributed by atoms with Gasteiger partial charge in [-0.1, -0.05) is 30.3 Å². The summed E-state index contributed by atoms with van der Waals surface area (Å²) in [5.41, 5.74) is 0.959.